The molecule has 1 aromatic carbocycles. The van der Waals surface area contributed by atoms with Crippen LogP contribution in [-0.2, 0) is 0 Å². The molecule has 1 atom stereocenters. The average Bonchev–Trinajstić information content (AvgIpc) is 2.55. The van der Waals surface area contributed by atoms with E-state index in [0.29, 0.717) is 34.4 Å². The summed E-state index contributed by atoms with van der Waals surface area (Å²) in [6, 6.07) is 8.25. The molecular formula is C18H21ClN2O3. The van der Waals surface area contributed by atoms with E-state index in [9.17, 15) is 9.90 Å². The first-order valence-electron chi connectivity index (χ1n) is 7.79. The van der Waals surface area contributed by atoms with Crippen LogP contribution in [0.2, 0.25) is 5.02 Å². The number of aliphatic hydroxyl groups excluding tert-OH is 1. The van der Waals surface area contributed by atoms with E-state index in [0.717, 1.165) is 0 Å². The monoisotopic (exact) mass is 348 g/mol. The van der Waals surface area contributed by atoms with Crippen LogP contribution in [0.1, 0.15) is 30.6 Å². The van der Waals surface area contributed by atoms with E-state index in [1.165, 1.54) is 0 Å². The number of halogens is 1. The molecule has 0 aliphatic rings. The third-order valence-corrected chi connectivity index (χ3v) is 3.61. The van der Waals surface area contributed by atoms with Crippen molar-refractivity contribution in [1.82, 2.24) is 10.3 Å². The van der Waals surface area contributed by atoms with E-state index in [2.05, 4.69) is 10.3 Å². The topological polar surface area (TPSA) is 71.5 Å². The van der Waals surface area contributed by atoms with Gasteiger partial charge in [-0.25, -0.2) is 0 Å². The van der Waals surface area contributed by atoms with Crippen molar-refractivity contribution in [1.29, 1.82) is 0 Å². The number of aromatic nitrogens is 1. The molecular weight excluding hydrogens is 328 g/mol. The van der Waals surface area contributed by atoms with Crippen molar-refractivity contribution in [3.8, 4) is 11.5 Å². The van der Waals surface area contributed by atoms with Gasteiger partial charge in [0.1, 0.15) is 11.5 Å². The third kappa shape index (κ3) is 5.51. The molecule has 24 heavy (non-hydrogen) atoms. The largest absolute Gasteiger partial charge is 0.456 e. The number of benzene rings is 1. The van der Waals surface area contributed by atoms with Crippen LogP contribution in [0, 0.1) is 5.92 Å². The highest BCUT2D eigenvalue weighted by atomic mass is 35.5. The predicted molar refractivity (Wildman–Crippen MR) is 93.6 cm³/mol. The van der Waals surface area contributed by atoms with Gasteiger partial charge in [0.15, 0.2) is 0 Å². The standard InChI is InChI=1S/C18H21ClN2O3/c1-12(2)9-14(22)11-21-18(23)13-3-4-17(16(19)10-13)24-15-5-7-20-8-6-15/h3-8,10,12,14,22H,9,11H2,1-2H3,(H,21,23). The molecule has 2 aromatic rings. The first kappa shape index (κ1) is 18.2. The first-order chi connectivity index (χ1) is 11.5. The van der Waals surface area contributed by atoms with Gasteiger partial charge in [0.2, 0.25) is 0 Å². The lowest BCUT2D eigenvalue weighted by molar-refractivity contribution is 0.0900. The summed E-state index contributed by atoms with van der Waals surface area (Å²) in [5, 5.41) is 12.9. The van der Waals surface area contributed by atoms with Crippen molar-refractivity contribution in [2.45, 2.75) is 26.4 Å². The highest BCUT2D eigenvalue weighted by Gasteiger charge is 2.12. The molecule has 0 aliphatic heterocycles. The zero-order valence-corrected chi connectivity index (χ0v) is 14.5. The number of nitrogens with zero attached hydrogens (tertiary/aromatic N) is 1. The SMILES string of the molecule is CC(C)CC(O)CNC(=O)c1ccc(Oc2ccncc2)c(Cl)c1. The van der Waals surface area contributed by atoms with E-state index < -0.39 is 6.10 Å². The molecule has 0 bridgehead atoms. The number of aliphatic hydroxyl groups is 1. The van der Waals surface area contributed by atoms with Gasteiger partial charge in [-0.1, -0.05) is 25.4 Å². The van der Waals surface area contributed by atoms with Gasteiger partial charge < -0.3 is 15.2 Å². The number of pyridine rings is 1. The van der Waals surface area contributed by atoms with Gasteiger partial charge in [-0.05, 0) is 42.7 Å². The second kappa shape index (κ2) is 8.66. The zero-order chi connectivity index (χ0) is 17.5. The summed E-state index contributed by atoms with van der Waals surface area (Å²) in [6.45, 7) is 4.25. The third-order valence-electron chi connectivity index (χ3n) is 3.31. The van der Waals surface area contributed by atoms with Gasteiger partial charge >= 0.3 is 0 Å². The normalized spacial score (nSPS) is 12.0. The van der Waals surface area contributed by atoms with Crippen molar-refractivity contribution >= 4 is 17.5 Å². The molecule has 1 amide bonds. The van der Waals surface area contributed by atoms with Gasteiger partial charge in [-0.2, -0.15) is 0 Å². The predicted octanol–water partition coefficient (Wildman–Crippen LogP) is 3.66. The van der Waals surface area contributed by atoms with Crippen LogP contribution in [0.25, 0.3) is 0 Å². The summed E-state index contributed by atoms with van der Waals surface area (Å²) >= 11 is 6.18. The lowest BCUT2D eigenvalue weighted by Gasteiger charge is -2.14. The Morgan fingerprint density at radius 3 is 2.62 bits per heavy atom. The maximum Gasteiger partial charge on any atom is 0.251 e. The lowest BCUT2D eigenvalue weighted by atomic mass is 10.1. The van der Waals surface area contributed by atoms with Crippen LogP contribution in [0.15, 0.2) is 42.7 Å². The van der Waals surface area contributed by atoms with E-state index in [4.69, 9.17) is 16.3 Å². The number of carbonyl (C=O) groups is 1. The average molecular weight is 349 g/mol. The Kier molecular flexibility index (Phi) is 6.58. The Hall–Kier alpha value is -2.11. The Morgan fingerprint density at radius 2 is 2.00 bits per heavy atom. The van der Waals surface area contributed by atoms with E-state index in [1.807, 2.05) is 13.8 Å². The quantitative estimate of drug-likeness (QED) is 0.801. The van der Waals surface area contributed by atoms with Crippen LogP contribution in [0.4, 0.5) is 0 Å². The molecule has 1 aromatic heterocycles. The Balaban J connectivity index is 1.97. The summed E-state index contributed by atoms with van der Waals surface area (Å²) in [6.07, 6.45) is 3.32. The number of ether oxygens (including phenoxy) is 1. The van der Waals surface area contributed by atoms with E-state index in [1.54, 1.807) is 42.7 Å². The molecule has 128 valence electrons. The first-order valence-corrected chi connectivity index (χ1v) is 8.17. The van der Waals surface area contributed by atoms with Crippen LogP contribution in [0.3, 0.4) is 0 Å². The van der Waals surface area contributed by atoms with E-state index in [-0.39, 0.29) is 12.5 Å². The molecule has 6 heteroatoms. The van der Waals surface area contributed by atoms with E-state index >= 15 is 0 Å². The molecule has 0 saturated carbocycles. The Bertz CT molecular complexity index is 677. The van der Waals surface area contributed by atoms with Gasteiger partial charge in [0, 0.05) is 24.5 Å². The maximum atomic E-state index is 12.1. The number of hydrogen-bond acceptors (Lipinski definition) is 4. The molecule has 0 fully saturated rings. The molecule has 2 rings (SSSR count). The highest BCUT2D eigenvalue weighted by molar-refractivity contribution is 6.32. The van der Waals surface area contributed by atoms with Gasteiger partial charge in [0.05, 0.1) is 11.1 Å². The number of nitrogens with one attached hydrogen (secondary N) is 1. The van der Waals surface area contributed by atoms with Crippen molar-refractivity contribution in [2.24, 2.45) is 5.92 Å². The lowest BCUT2D eigenvalue weighted by Crippen LogP contribution is -2.32. The van der Waals surface area contributed by atoms with Gasteiger partial charge in [0.25, 0.3) is 5.91 Å². The maximum absolute atomic E-state index is 12.1. The van der Waals surface area contributed by atoms with Crippen molar-refractivity contribution < 1.29 is 14.6 Å². The van der Waals surface area contributed by atoms with Crippen LogP contribution in [-0.4, -0.2) is 28.6 Å². The second-order valence-electron chi connectivity index (χ2n) is 5.92. The molecule has 0 spiro atoms. The molecule has 2 N–H and O–H groups in total. The minimum Gasteiger partial charge on any atom is -0.456 e. The summed E-state index contributed by atoms with van der Waals surface area (Å²) in [4.78, 5) is 16.0. The zero-order valence-electron chi connectivity index (χ0n) is 13.7. The van der Waals surface area contributed by atoms with Crippen LogP contribution in [0.5, 0.6) is 11.5 Å². The van der Waals surface area contributed by atoms with Crippen LogP contribution < -0.4 is 10.1 Å². The molecule has 0 saturated heterocycles. The summed E-state index contributed by atoms with van der Waals surface area (Å²) in [5.74, 6) is 1.16. The number of hydrogen-bond donors (Lipinski definition) is 2. The van der Waals surface area contributed by atoms with Crippen LogP contribution >= 0.6 is 11.6 Å². The van der Waals surface area contributed by atoms with Crippen molar-refractivity contribution in [3.63, 3.8) is 0 Å². The molecule has 1 unspecified atom stereocenters. The second-order valence-corrected chi connectivity index (χ2v) is 6.33. The van der Waals surface area contributed by atoms with Gasteiger partial charge in [-0.15, -0.1) is 0 Å². The Morgan fingerprint density at radius 1 is 1.29 bits per heavy atom. The van der Waals surface area contributed by atoms with Crippen molar-refractivity contribution in [3.05, 3.63) is 53.3 Å². The molecule has 0 aliphatic carbocycles. The number of amides is 1. The summed E-state index contributed by atoms with van der Waals surface area (Å²) in [7, 11) is 0. The van der Waals surface area contributed by atoms with Gasteiger partial charge in [-0.3, -0.25) is 9.78 Å². The number of rotatable bonds is 7. The summed E-state index contributed by atoms with van der Waals surface area (Å²) < 4.78 is 5.64. The minimum absolute atomic E-state index is 0.212. The fourth-order valence-electron chi connectivity index (χ4n) is 2.20. The fraction of sp³-hybridized carbons (Fsp3) is 0.333. The molecule has 1 heterocycles. The number of carbonyl (C=O) groups excluding carboxylic acids is 1. The Labute approximate surface area is 146 Å². The smallest absolute Gasteiger partial charge is 0.251 e. The summed E-state index contributed by atoms with van der Waals surface area (Å²) in [5.41, 5.74) is 0.416. The fourth-order valence-corrected chi connectivity index (χ4v) is 2.42. The minimum atomic E-state index is -0.557. The highest BCUT2D eigenvalue weighted by Crippen LogP contribution is 2.29. The van der Waals surface area contributed by atoms with Crippen molar-refractivity contribution in [2.75, 3.05) is 6.54 Å². The molecule has 5 nitrogen and oxygen atoms in total. The molecule has 0 radical (unpaired) electrons.